The van der Waals surface area contributed by atoms with Gasteiger partial charge < -0.3 is 9.80 Å². The molecule has 0 atom stereocenters. The molecule has 5 rings (SSSR count). The van der Waals surface area contributed by atoms with Crippen molar-refractivity contribution in [2.24, 2.45) is 0 Å². The van der Waals surface area contributed by atoms with Crippen LogP contribution in [-0.4, -0.2) is 46.5 Å². The molecule has 3 heterocycles. The van der Waals surface area contributed by atoms with Crippen molar-refractivity contribution >= 4 is 28.3 Å². The molecule has 1 aliphatic heterocycles. The summed E-state index contributed by atoms with van der Waals surface area (Å²) in [5.41, 5.74) is 3.80. The highest BCUT2D eigenvalue weighted by Gasteiger charge is 2.24. The molecule has 1 saturated heterocycles. The van der Waals surface area contributed by atoms with Crippen LogP contribution >= 0.6 is 11.3 Å². The van der Waals surface area contributed by atoms with E-state index in [1.807, 2.05) is 65.0 Å². The fraction of sp³-hybridized carbons (Fsp3) is 0.217. The molecule has 2 aromatic heterocycles. The minimum atomic E-state index is 0.127. The third-order valence-electron chi connectivity index (χ3n) is 5.61. The molecular formula is C23H23N4OS+. The standard InChI is InChI=1S/C23H22N4OS/c28-23(26-13-11-25(12-14-26)16-20-4-3-15-29-20)18-7-9-19(10-8-18)27-17-24-21-5-1-2-6-22(21)27/h1-10,15,17H,11-14,16H2/p+1. The summed E-state index contributed by atoms with van der Waals surface area (Å²) < 4.78 is 2.05. The smallest absolute Gasteiger partial charge is 0.254 e. The molecule has 1 aliphatic rings. The van der Waals surface area contributed by atoms with Gasteiger partial charge in [-0.15, -0.1) is 11.3 Å². The summed E-state index contributed by atoms with van der Waals surface area (Å²) in [5, 5.41) is 2.13. The van der Waals surface area contributed by atoms with Crippen LogP contribution in [0.3, 0.4) is 0 Å². The van der Waals surface area contributed by atoms with Crippen molar-refractivity contribution in [2.45, 2.75) is 6.54 Å². The molecule has 1 N–H and O–H groups in total. The zero-order valence-electron chi connectivity index (χ0n) is 16.1. The molecule has 0 bridgehead atoms. The summed E-state index contributed by atoms with van der Waals surface area (Å²) in [6.45, 7) is 4.69. The number of benzene rings is 2. The fourth-order valence-electron chi connectivity index (χ4n) is 3.97. The number of carbonyl (C=O) groups is 1. The van der Waals surface area contributed by atoms with Crippen molar-refractivity contribution < 1.29 is 9.69 Å². The van der Waals surface area contributed by atoms with Gasteiger partial charge in [-0.1, -0.05) is 18.2 Å². The molecule has 0 radical (unpaired) electrons. The summed E-state index contributed by atoms with van der Waals surface area (Å²) in [6, 6.07) is 20.2. The van der Waals surface area contributed by atoms with Crippen LogP contribution < -0.4 is 4.90 Å². The Balaban J connectivity index is 1.25. The Morgan fingerprint density at radius 1 is 1.00 bits per heavy atom. The van der Waals surface area contributed by atoms with Crippen molar-refractivity contribution in [3.05, 3.63) is 82.8 Å². The molecule has 146 valence electrons. The van der Waals surface area contributed by atoms with Gasteiger partial charge in [0, 0.05) is 11.3 Å². The van der Waals surface area contributed by atoms with E-state index in [4.69, 9.17) is 0 Å². The van der Waals surface area contributed by atoms with E-state index in [-0.39, 0.29) is 5.91 Å². The van der Waals surface area contributed by atoms with E-state index in [1.54, 1.807) is 4.90 Å². The minimum absolute atomic E-state index is 0.127. The number of amides is 1. The molecule has 1 amide bonds. The highest BCUT2D eigenvalue weighted by atomic mass is 32.1. The number of nitrogens with one attached hydrogen (secondary N) is 1. The topological polar surface area (TPSA) is 42.6 Å². The number of piperazine rings is 1. The second kappa shape index (κ2) is 7.81. The summed E-state index contributed by atoms with van der Waals surface area (Å²) >= 11 is 1.81. The monoisotopic (exact) mass is 403 g/mol. The lowest BCUT2D eigenvalue weighted by Gasteiger charge is -2.32. The number of thiophene rings is 1. The Bertz CT molecular complexity index is 1110. The van der Waals surface area contributed by atoms with Crippen LogP contribution in [0.15, 0.2) is 72.4 Å². The van der Waals surface area contributed by atoms with Gasteiger partial charge in [0.15, 0.2) is 0 Å². The summed E-state index contributed by atoms with van der Waals surface area (Å²) in [6.07, 6.45) is 1.83. The number of carbonyl (C=O) groups excluding carboxylic acids is 1. The molecule has 1 fully saturated rings. The molecule has 6 heteroatoms. The molecule has 0 aliphatic carbocycles. The Hall–Kier alpha value is -2.96. The Morgan fingerprint density at radius 2 is 1.79 bits per heavy atom. The van der Waals surface area contributed by atoms with Gasteiger partial charge in [0.05, 0.1) is 42.1 Å². The van der Waals surface area contributed by atoms with E-state index in [0.29, 0.717) is 0 Å². The molecule has 4 aromatic rings. The number of quaternary nitrogens is 1. The third kappa shape index (κ3) is 3.69. The molecule has 0 saturated carbocycles. The van der Waals surface area contributed by atoms with E-state index in [1.165, 1.54) is 4.88 Å². The van der Waals surface area contributed by atoms with Gasteiger partial charge in [0.2, 0.25) is 0 Å². The normalized spacial score (nSPS) is 15.1. The average molecular weight is 404 g/mol. The highest BCUT2D eigenvalue weighted by Crippen LogP contribution is 2.19. The van der Waals surface area contributed by atoms with Crippen LogP contribution in [0.5, 0.6) is 0 Å². The van der Waals surface area contributed by atoms with Crippen molar-refractivity contribution in [1.29, 1.82) is 0 Å². The van der Waals surface area contributed by atoms with E-state index in [0.717, 1.165) is 55.0 Å². The highest BCUT2D eigenvalue weighted by molar-refractivity contribution is 7.09. The van der Waals surface area contributed by atoms with E-state index in [9.17, 15) is 4.79 Å². The van der Waals surface area contributed by atoms with Crippen LogP contribution in [0.4, 0.5) is 0 Å². The number of para-hydroxylation sites is 2. The predicted octanol–water partition coefficient (Wildman–Crippen LogP) is 2.63. The van der Waals surface area contributed by atoms with Crippen LogP contribution in [0.2, 0.25) is 0 Å². The van der Waals surface area contributed by atoms with Crippen LogP contribution in [-0.2, 0) is 6.54 Å². The van der Waals surface area contributed by atoms with Gasteiger partial charge in [-0.3, -0.25) is 9.36 Å². The van der Waals surface area contributed by atoms with E-state index < -0.39 is 0 Å². The largest absolute Gasteiger partial charge is 0.328 e. The number of fused-ring (bicyclic) bond motifs is 1. The van der Waals surface area contributed by atoms with Crippen LogP contribution in [0.1, 0.15) is 15.2 Å². The Morgan fingerprint density at radius 3 is 2.55 bits per heavy atom. The second-order valence-electron chi connectivity index (χ2n) is 7.45. The van der Waals surface area contributed by atoms with Crippen molar-refractivity contribution in [3.8, 4) is 5.69 Å². The van der Waals surface area contributed by atoms with Crippen molar-refractivity contribution in [3.63, 3.8) is 0 Å². The molecule has 0 unspecified atom stereocenters. The lowest BCUT2D eigenvalue weighted by Crippen LogP contribution is -3.13. The van der Waals surface area contributed by atoms with Crippen LogP contribution in [0, 0.1) is 0 Å². The number of rotatable bonds is 4. The van der Waals surface area contributed by atoms with Gasteiger partial charge in [0.1, 0.15) is 12.9 Å². The maximum absolute atomic E-state index is 12.9. The first-order valence-corrected chi connectivity index (χ1v) is 10.8. The molecule has 2 aromatic carbocycles. The zero-order valence-corrected chi connectivity index (χ0v) is 16.9. The molecule has 0 spiro atoms. The lowest BCUT2D eigenvalue weighted by atomic mass is 10.1. The summed E-state index contributed by atoms with van der Waals surface area (Å²) in [4.78, 5) is 22.3. The zero-order chi connectivity index (χ0) is 19.6. The molecule has 5 nitrogen and oxygen atoms in total. The van der Waals surface area contributed by atoms with Crippen LogP contribution in [0.25, 0.3) is 16.7 Å². The number of hydrogen-bond acceptors (Lipinski definition) is 3. The van der Waals surface area contributed by atoms with Gasteiger partial charge in [-0.2, -0.15) is 0 Å². The first-order chi connectivity index (χ1) is 14.3. The first-order valence-electron chi connectivity index (χ1n) is 9.96. The first kappa shape index (κ1) is 18.1. The van der Waals surface area contributed by atoms with Crippen molar-refractivity contribution in [1.82, 2.24) is 14.5 Å². The van der Waals surface area contributed by atoms with Gasteiger partial charge in [0.25, 0.3) is 5.91 Å². The molecule has 29 heavy (non-hydrogen) atoms. The minimum Gasteiger partial charge on any atom is -0.328 e. The SMILES string of the molecule is O=C(c1ccc(-n2cnc3ccccc32)cc1)N1CC[NH+](Cc2cccs2)CC1. The second-order valence-corrected chi connectivity index (χ2v) is 8.48. The van der Waals surface area contributed by atoms with E-state index in [2.05, 4.69) is 33.1 Å². The third-order valence-corrected chi connectivity index (χ3v) is 6.48. The van der Waals surface area contributed by atoms with E-state index >= 15 is 0 Å². The van der Waals surface area contributed by atoms with Gasteiger partial charge in [-0.25, -0.2) is 4.98 Å². The Kier molecular flexibility index (Phi) is 4.87. The quantitative estimate of drug-likeness (QED) is 0.569. The number of nitrogens with zero attached hydrogens (tertiary/aromatic N) is 3. The fourth-order valence-corrected chi connectivity index (χ4v) is 4.75. The number of imidazole rings is 1. The lowest BCUT2D eigenvalue weighted by molar-refractivity contribution is -0.917. The predicted molar refractivity (Wildman–Crippen MR) is 116 cm³/mol. The average Bonchev–Trinajstić information content (AvgIpc) is 3.44. The van der Waals surface area contributed by atoms with Crippen molar-refractivity contribution in [2.75, 3.05) is 26.2 Å². The van der Waals surface area contributed by atoms with Gasteiger partial charge in [-0.05, 0) is 47.8 Å². The Labute approximate surface area is 173 Å². The maximum atomic E-state index is 12.9. The molecular weight excluding hydrogens is 380 g/mol. The number of aromatic nitrogens is 2. The van der Waals surface area contributed by atoms with Gasteiger partial charge >= 0.3 is 0 Å². The number of hydrogen-bond donors (Lipinski definition) is 1. The maximum Gasteiger partial charge on any atom is 0.254 e. The summed E-state index contributed by atoms with van der Waals surface area (Å²) in [7, 11) is 0. The summed E-state index contributed by atoms with van der Waals surface area (Å²) in [5.74, 6) is 0.127.